The van der Waals surface area contributed by atoms with Crippen molar-refractivity contribution in [3.8, 4) is 0 Å². The van der Waals surface area contributed by atoms with E-state index in [4.69, 9.17) is 5.11 Å². The van der Waals surface area contributed by atoms with Crippen LogP contribution < -0.4 is 0 Å². The van der Waals surface area contributed by atoms with Crippen LogP contribution in [0.3, 0.4) is 0 Å². The van der Waals surface area contributed by atoms with Gasteiger partial charge in [-0.1, -0.05) is 0 Å². The van der Waals surface area contributed by atoms with Gasteiger partial charge < -0.3 is 5.11 Å². The van der Waals surface area contributed by atoms with E-state index in [1.165, 1.54) is 29.2 Å². The molecule has 1 aliphatic heterocycles. The molecule has 1 atom stereocenters. The van der Waals surface area contributed by atoms with Gasteiger partial charge in [-0.25, -0.2) is 8.42 Å². The van der Waals surface area contributed by atoms with Crippen LogP contribution in [0.15, 0.2) is 18.5 Å². The number of rotatable bonds is 3. The Morgan fingerprint density at radius 3 is 2.67 bits per heavy atom. The second-order valence-corrected chi connectivity index (χ2v) is 10.0. The normalized spacial score (nSPS) is 21.3. The van der Waals surface area contributed by atoms with E-state index in [-0.39, 0.29) is 16.5 Å². The van der Waals surface area contributed by atoms with Crippen molar-refractivity contribution < 1.29 is 18.3 Å². The molecular weight excluding hydrogens is 430 g/mol. The summed E-state index contributed by atoms with van der Waals surface area (Å²) in [4.78, 5) is 11.1. The van der Waals surface area contributed by atoms with Crippen LogP contribution in [0.25, 0.3) is 0 Å². The first-order chi connectivity index (χ1) is 8.34. The molecule has 0 aromatic carbocycles. The first kappa shape index (κ1) is 14.8. The zero-order valence-electron chi connectivity index (χ0n) is 8.67. The summed E-state index contributed by atoms with van der Waals surface area (Å²) in [6, 6.07) is 0.483. The van der Waals surface area contributed by atoms with Crippen LogP contribution in [-0.4, -0.2) is 41.5 Å². The van der Waals surface area contributed by atoms with E-state index in [9.17, 15) is 13.2 Å². The molecule has 0 unspecified atom stereocenters. The van der Waals surface area contributed by atoms with Crippen molar-refractivity contribution in [3.63, 3.8) is 0 Å². The summed E-state index contributed by atoms with van der Waals surface area (Å²) in [5.74, 6) is -0.676. The highest BCUT2D eigenvalue weighted by molar-refractivity contribution is 9.12. The van der Waals surface area contributed by atoms with Crippen LogP contribution >= 0.6 is 55.0 Å². The van der Waals surface area contributed by atoms with Crippen LogP contribution in [0.4, 0.5) is 0 Å². The minimum atomic E-state index is -3.78. The molecule has 0 radical (unpaired) electrons. The van der Waals surface area contributed by atoms with Gasteiger partial charge in [0, 0.05) is 5.75 Å². The molecule has 2 rings (SSSR count). The predicted molar refractivity (Wildman–Crippen MR) is 77.5 cm³/mol. The third-order valence-electron chi connectivity index (χ3n) is 2.34. The molecule has 1 N–H and O–H groups in total. The molecule has 0 bridgehead atoms. The van der Waals surface area contributed by atoms with Crippen molar-refractivity contribution in [3.05, 3.63) is 13.6 Å². The molecule has 1 fully saturated rings. The Labute approximate surface area is 129 Å². The number of nitrogens with zero attached hydrogens (tertiary/aromatic N) is 1. The molecule has 0 spiro atoms. The summed E-state index contributed by atoms with van der Waals surface area (Å²) >= 11 is 8.93. The van der Waals surface area contributed by atoms with Gasteiger partial charge in [0.25, 0.3) is 0 Å². The quantitative estimate of drug-likeness (QED) is 0.787. The largest absolute Gasteiger partial charge is 0.480 e. The molecule has 0 amide bonds. The fraction of sp³-hybridized carbons (Fsp3) is 0.375. The lowest BCUT2D eigenvalue weighted by molar-refractivity contribution is -0.140. The van der Waals surface area contributed by atoms with E-state index in [2.05, 4.69) is 31.9 Å². The van der Waals surface area contributed by atoms with E-state index in [0.717, 1.165) is 4.31 Å². The zero-order valence-corrected chi connectivity index (χ0v) is 14.3. The first-order valence-corrected chi connectivity index (χ1v) is 9.61. The SMILES string of the molecule is O=C(O)[C@@H]1CSCN1S(=O)(=O)c1cc(Br)sc1Br. The molecule has 18 heavy (non-hydrogen) atoms. The third kappa shape index (κ3) is 2.63. The van der Waals surface area contributed by atoms with Crippen LogP contribution in [0.2, 0.25) is 0 Å². The Bertz CT molecular complexity index is 585. The Kier molecular flexibility index (Phi) is 4.44. The summed E-state index contributed by atoms with van der Waals surface area (Å²) in [5.41, 5.74) is 0. The van der Waals surface area contributed by atoms with Gasteiger partial charge in [0.1, 0.15) is 10.9 Å². The number of halogens is 2. The van der Waals surface area contributed by atoms with Gasteiger partial charge >= 0.3 is 5.97 Å². The maximum atomic E-state index is 12.4. The minimum absolute atomic E-state index is 0.105. The second kappa shape index (κ2) is 5.41. The van der Waals surface area contributed by atoms with Gasteiger partial charge in [0.05, 0.1) is 13.4 Å². The average molecular weight is 437 g/mol. The van der Waals surface area contributed by atoms with E-state index < -0.39 is 22.0 Å². The Hall–Kier alpha value is 0.390. The standard InChI is InChI=1S/C8H7Br2NO4S3/c9-6-1-5(7(10)17-6)18(14,15)11-3-16-2-4(11)8(12)13/h1,4H,2-3H2,(H,12,13)/t4-/m0/s1. The Morgan fingerprint density at radius 1 is 1.50 bits per heavy atom. The first-order valence-electron chi connectivity index (χ1n) is 4.61. The van der Waals surface area contributed by atoms with Crippen molar-refractivity contribution in [1.29, 1.82) is 0 Å². The van der Waals surface area contributed by atoms with Crippen LogP contribution in [-0.2, 0) is 14.8 Å². The van der Waals surface area contributed by atoms with Crippen LogP contribution in [0, 0.1) is 0 Å². The molecule has 2 heterocycles. The molecule has 1 aliphatic rings. The number of aliphatic carboxylic acids is 1. The summed E-state index contributed by atoms with van der Waals surface area (Å²) < 4.78 is 26.9. The molecule has 1 aromatic heterocycles. The fourth-order valence-electron chi connectivity index (χ4n) is 1.49. The zero-order chi connectivity index (χ0) is 13.5. The monoisotopic (exact) mass is 435 g/mol. The number of sulfonamides is 1. The lowest BCUT2D eigenvalue weighted by atomic mass is 10.4. The van der Waals surface area contributed by atoms with E-state index >= 15 is 0 Å². The number of carboxylic acid groups (broad SMARTS) is 1. The van der Waals surface area contributed by atoms with E-state index in [1.54, 1.807) is 0 Å². The summed E-state index contributed by atoms with van der Waals surface area (Å²) in [6.45, 7) is 0. The summed E-state index contributed by atoms with van der Waals surface area (Å²) in [6.07, 6.45) is 0. The van der Waals surface area contributed by atoms with Crippen molar-refractivity contribution in [1.82, 2.24) is 4.31 Å². The average Bonchev–Trinajstić information content (AvgIpc) is 2.84. The third-order valence-corrected chi connectivity index (χ3v) is 8.12. The van der Waals surface area contributed by atoms with Crippen molar-refractivity contribution in [2.45, 2.75) is 10.9 Å². The molecule has 10 heteroatoms. The Morgan fingerprint density at radius 2 is 2.17 bits per heavy atom. The molecule has 100 valence electrons. The van der Waals surface area contributed by atoms with E-state index in [1.807, 2.05) is 0 Å². The van der Waals surface area contributed by atoms with Crippen molar-refractivity contribution in [2.75, 3.05) is 11.6 Å². The fourth-order valence-corrected chi connectivity index (χ4v) is 8.38. The van der Waals surface area contributed by atoms with Crippen LogP contribution in [0.5, 0.6) is 0 Å². The second-order valence-electron chi connectivity index (χ2n) is 3.43. The number of thioether (sulfide) groups is 1. The van der Waals surface area contributed by atoms with Crippen LogP contribution in [0.1, 0.15) is 0 Å². The Balaban J connectivity index is 2.43. The van der Waals surface area contributed by atoms with Gasteiger partial charge in [-0.3, -0.25) is 4.79 Å². The van der Waals surface area contributed by atoms with E-state index in [0.29, 0.717) is 7.57 Å². The highest BCUT2D eigenvalue weighted by Gasteiger charge is 2.41. The number of hydrogen-bond acceptors (Lipinski definition) is 5. The minimum Gasteiger partial charge on any atom is -0.480 e. The summed E-state index contributed by atoms with van der Waals surface area (Å²) in [7, 11) is -3.78. The number of carboxylic acids is 1. The van der Waals surface area contributed by atoms with Gasteiger partial charge in [0.15, 0.2) is 0 Å². The van der Waals surface area contributed by atoms with Gasteiger partial charge in [0.2, 0.25) is 10.0 Å². The topological polar surface area (TPSA) is 74.7 Å². The van der Waals surface area contributed by atoms with Gasteiger partial charge in [-0.2, -0.15) is 4.31 Å². The van der Waals surface area contributed by atoms with Crippen molar-refractivity contribution >= 4 is 71.0 Å². The molecule has 1 aromatic rings. The maximum absolute atomic E-state index is 12.4. The lowest BCUT2D eigenvalue weighted by Crippen LogP contribution is -2.41. The van der Waals surface area contributed by atoms with Gasteiger partial charge in [-0.05, 0) is 37.9 Å². The number of hydrogen-bond donors (Lipinski definition) is 1. The number of carbonyl (C=O) groups is 1. The highest BCUT2D eigenvalue weighted by Crippen LogP contribution is 2.38. The maximum Gasteiger partial charge on any atom is 0.322 e. The smallest absolute Gasteiger partial charge is 0.322 e. The molecular formula is C8H7Br2NO4S3. The molecule has 0 saturated carbocycles. The van der Waals surface area contributed by atoms with Crippen molar-refractivity contribution in [2.24, 2.45) is 0 Å². The molecule has 1 saturated heterocycles. The highest BCUT2D eigenvalue weighted by atomic mass is 79.9. The summed E-state index contributed by atoms with van der Waals surface area (Å²) in [5, 5.41) is 9.03. The molecule has 0 aliphatic carbocycles. The number of thiophene rings is 1. The van der Waals surface area contributed by atoms with Gasteiger partial charge in [-0.15, -0.1) is 23.1 Å². The molecule has 5 nitrogen and oxygen atoms in total. The lowest BCUT2D eigenvalue weighted by Gasteiger charge is -2.19. The predicted octanol–water partition coefficient (Wildman–Crippen LogP) is 2.42.